The highest BCUT2D eigenvalue weighted by atomic mass is 19.4. The zero-order valence-corrected chi connectivity index (χ0v) is 23.2. The van der Waals surface area contributed by atoms with Gasteiger partial charge in [-0.05, 0) is 79.6 Å². The summed E-state index contributed by atoms with van der Waals surface area (Å²) in [6.45, 7) is 3.87. The molecule has 0 amide bonds. The van der Waals surface area contributed by atoms with Crippen LogP contribution >= 0.6 is 0 Å². The molecule has 0 radical (unpaired) electrons. The van der Waals surface area contributed by atoms with Crippen molar-refractivity contribution >= 4 is 16.9 Å². The zero-order valence-electron chi connectivity index (χ0n) is 23.2. The Kier molecular flexibility index (Phi) is 6.71. The number of hydrogen-bond acceptors (Lipinski definition) is 4. The predicted molar refractivity (Wildman–Crippen MR) is 151 cm³/mol. The van der Waals surface area contributed by atoms with Crippen molar-refractivity contribution in [3.05, 3.63) is 94.9 Å². The van der Waals surface area contributed by atoms with Crippen LogP contribution in [0.25, 0.3) is 27.7 Å². The average molecular weight is 576 g/mol. The Labute approximate surface area is 239 Å². The Hall–Kier alpha value is -4.73. The first kappa shape index (κ1) is 27.4. The average Bonchev–Trinajstić information content (AvgIpc) is 3.64. The van der Waals surface area contributed by atoms with Crippen LogP contribution in [0, 0.1) is 13.8 Å². The molecule has 0 spiro atoms. The Morgan fingerprint density at radius 2 is 1.83 bits per heavy atom. The quantitative estimate of drug-likeness (QED) is 0.205. The van der Waals surface area contributed by atoms with Crippen LogP contribution in [0.4, 0.5) is 13.2 Å². The molecule has 6 rings (SSSR count). The molecule has 5 aromatic rings. The van der Waals surface area contributed by atoms with Gasteiger partial charge in [0.15, 0.2) is 5.75 Å². The van der Waals surface area contributed by atoms with Crippen LogP contribution in [0.5, 0.6) is 11.5 Å². The van der Waals surface area contributed by atoms with E-state index in [1.54, 1.807) is 19.2 Å². The normalized spacial score (nSPS) is 13.5. The number of carbonyl (C=O) groups is 1. The lowest BCUT2D eigenvalue weighted by molar-refractivity contribution is -0.274. The van der Waals surface area contributed by atoms with E-state index in [-0.39, 0.29) is 18.0 Å². The van der Waals surface area contributed by atoms with E-state index in [1.807, 2.05) is 54.9 Å². The van der Waals surface area contributed by atoms with Gasteiger partial charge in [-0.15, -0.1) is 13.2 Å². The summed E-state index contributed by atoms with van der Waals surface area (Å²) >= 11 is 0. The standard InChI is InChI=1S/C32H28F3N3O4/c1-18-14-22(11-13-23(18)21-10-12-24-27(15-21)37(3)19(2)30(24)31(39)40)41-17-28-25(20-8-9-20)16-36-38(28)26-6-4-5-7-29(26)42-32(33,34)35/h4-7,10-16,20H,8-9,17H2,1-3H3,(H,39,40). The number of hydrogen-bond donors (Lipinski definition) is 1. The largest absolute Gasteiger partial charge is 0.573 e. The maximum Gasteiger partial charge on any atom is 0.573 e. The van der Waals surface area contributed by atoms with Crippen LogP contribution in [-0.2, 0) is 13.7 Å². The third-order valence-electron chi connectivity index (χ3n) is 7.83. The number of para-hydroxylation sites is 2. The number of alkyl halides is 3. The first-order valence-electron chi connectivity index (χ1n) is 13.5. The molecule has 216 valence electrons. The van der Waals surface area contributed by atoms with Crippen molar-refractivity contribution in [2.24, 2.45) is 7.05 Å². The van der Waals surface area contributed by atoms with Crippen LogP contribution < -0.4 is 9.47 Å². The van der Waals surface area contributed by atoms with Crippen molar-refractivity contribution < 1.29 is 32.5 Å². The first-order valence-corrected chi connectivity index (χ1v) is 13.5. The molecule has 1 aliphatic rings. The molecule has 1 N–H and O–H groups in total. The van der Waals surface area contributed by atoms with Gasteiger partial charge >= 0.3 is 12.3 Å². The van der Waals surface area contributed by atoms with Gasteiger partial charge in [-0.25, -0.2) is 9.48 Å². The summed E-state index contributed by atoms with van der Waals surface area (Å²) in [5.41, 5.74) is 6.51. The Bertz CT molecular complexity index is 1830. The number of aromatic carboxylic acids is 1. The Balaban J connectivity index is 1.29. The minimum absolute atomic E-state index is 0.109. The van der Waals surface area contributed by atoms with E-state index in [4.69, 9.17) is 4.74 Å². The van der Waals surface area contributed by atoms with Gasteiger partial charge in [0.25, 0.3) is 0 Å². The number of rotatable bonds is 8. The molecule has 0 saturated heterocycles. The number of halogens is 3. The molecular formula is C32H28F3N3O4. The van der Waals surface area contributed by atoms with Crippen molar-refractivity contribution in [3.8, 4) is 28.3 Å². The van der Waals surface area contributed by atoms with Crippen LogP contribution in [0.3, 0.4) is 0 Å². The number of ether oxygens (including phenoxy) is 2. The van der Waals surface area contributed by atoms with Crippen molar-refractivity contribution in [2.75, 3.05) is 0 Å². The van der Waals surface area contributed by atoms with Gasteiger partial charge < -0.3 is 19.1 Å². The number of benzene rings is 3. The van der Waals surface area contributed by atoms with E-state index in [1.165, 1.54) is 22.9 Å². The number of nitrogens with zero attached hydrogens (tertiary/aromatic N) is 3. The minimum Gasteiger partial charge on any atom is -0.487 e. The van der Waals surface area contributed by atoms with Gasteiger partial charge in [0, 0.05) is 29.2 Å². The highest BCUT2D eigenvalue weighted by Gasteiger charge is 2.34. The summed E-state index contributed by atoms with van der Waals surface area (Å²) < 4.78 is 53.1. The number of fused-ring (bicyclic) bond motifs is 1. The van der Waals surface area contributed by atoms with E-state index < -0.39 is 12.3 Å². The van der Waals surface area contributed by atoms with Gasteiger partial charge in [-0.1, -0.05) is 30.3 Å². The number of carboxylic acids is 1. The second-order valence-electron chi connectivity index (χ2n) is 10.6. The van der Waals surface area contributed by atoms with Crippen molar-refractivity contribution in [1.82, 2.24) is 14.3 Å². The second kappa shape index (κ2) is 10.3. The molecule has 1 aliphatic carbocycles. The number of aromatic nitrogens is 3. The van der Waals surface area contributed by atoms with E-state index >= 15 is 0 Å². The summed E-state index contributed by atoms with van der Waals surface area (Å²) in [7, 11) is 1.85. The third-order valence-corrected chi connectivity index (χ3v) is 7.83. The van der Waals surface area contributed by atoms with Crippen LogP contribution in [-0.4, -0.2) is 31.8 Å². The minimum atomic E-state index is -4.83. The molecule has 10 heteroatoms. The maximum atomic E-state index is 13.1. The molecule has 0 aliphatic heterocycles. The molecule has 42 heavy (non-hydrogen) atoms. The molecule has 0 bridgehead atoms. The maximum absolute atomic E-state index is 13.1. The lowest BCUT2D eigenvalue weighted by Gasteiger charge is -2.16. The smallest absolute Gasteiger partial charge is 0.487 e. The van der Waals surface area contributed by atoms with E-state index in [9.17, 15) is 23.1 Å². The summed E-state index contributed by atoms with van der Waals surface area (Å²) in [5, 5.41) is 14.8. The molecule has 0 unspecified atom stereocenters. The van der Waals surface area contributed by atoms with Gasteiger partial charge in [0.05, 0.1) is 17.5 Å². The van der Waals surface area contributed by atoms with E-state index in [2.05, 4.69) is 9.84 Å². The van der Waals surface area contributed by atoms with E-state index in [0.29, 0.717) is 34.0 Å². The molecule has 0 atom stereocenters. The molecule has 7 nitrogen and oxygen atoms in total. The van der Waals surface area contributed by atoms with E-state index in [0.717, 1.165) is 40.6 Å². The lowest BCUT2D eigenvalue weighted by Crippen LogP contribution is -2.19. The SMILES string of the molecule is Cc1cc(OCc2c(C3CC3)cnn2-c2ccccc2OC(F)(F)F)ccc1-c1ccc2c(C(=O)O)c(C)n(C)c2c1. The molecular weight excluding hydrogens is 547 g/mol. The van der Waals surface area contributed by atoms with Crippen molar-refractivity contribution in [1.29, 1.82) is 0 Å². The van der Waals surface area contributed by atoms with Gasteiger partial charge in [0.2, 0.25) is 0 Å². The highest BCUT2D eigenvalue weighted by Crippen LogP contribution is 2.43. The fraction of sp³-hybridized carbons (Fsp3) is 0.250. The summed E-state index contributed by atoms with van der Waals surface area (Å²) in [6.07, 6.45) is -1.15. The molecule has 1 saturated carbocycles. The monoisotopic (exact) mass is 575 g/mol. The second-order valence-corrected chi connectivity index (χ2v) is 10.6. The lowest BCUT2D eigenvalue weighted by atomic mass is 9.98. The molecule has 1 fully saturated rings. The first-order chi connectivity index (χ1) is 20.0. The third kappa shape index (κ3) is 5.08. The Morgan fingerprint density at radius 1 is 1.07 bits per heavy atom. The van der Waals surface area contributed by atoms with Crippen LogP contribution in [0.2, 0.25) is 0 Å². The molecule has 3 aromatic carbocycles. The van der Waals surface area contributed by atoms with Gasteiger partial charge in [-0.3, -0.25) is 0 Å². The van der Waals surface area contributed by atoms with Gasteiger partial charge in [-0.2, -0.15) is 5.10 Å². The molecule has 2 aromatic heterocycles. The zero-order chi connectivity index (χ0) is 29.8. The fourth-order valence-electron chi connectivity index (χ4n) is 5.52. The van der Waals surface area contributed by atoms with Crippen LogP contribution in [0.1, 0.15) is 51.6 Å². The molecule has 2 heterocycles. The number of aryl methyl sites for hydroxylation is 2. The topological polar surface area (TPSA) is 78.5 Å². The Morgan fingerprint density at radius 3 is 2.52 bits per heavy atom. The summed E-state index contributed by atoms with van der Waals surface area (Å²) in [4.78, 5) is 11.8. The predicted octanol–water partition coefficient (Wildman–Crippen LogP) is 7.70. The fourth-order valence-corrected chi connectivity index (χ4v) is 5.52. The summed E-state index contributed by atoms with van der Waals surface area (Å²) in [5.74, 6) is -0.381. The highest BCUT2D eigenvalue weighted by molar-refractivity contribution is 6.06. The van der Waals surface area contributed by atoms with Crippen molar-refractivity contribution in [2.45, 2.75) is 45.6 Å². The summed E-state index contributed by atoms with van der Waals surface area (Å²) in [6, 6.07) is 17.4. The van der Waals surface area contributed by atoms with Crippen molar-refractivity contribution in [3.63, 3.8) is 0 Å². The number of carboxylic acid groups (broad SMARTS) is 1. The van der Waals surface area contributed by atoms with Crippen LogP contribution in [0.15, 0.2) is 66.9 Å². The van der Waals surface area contributed by atoms with Gasteiger partial charge in [0.1, 0.15) is 18.0 Å².